The van der Waals surface area contributed by atoms with Crippen LogP contribution in [0.25, 0.3) is 38.7 Å². The number of allylic oxidation sites excluding steroid dienone is 2. The van der Waals surface area contributed by atoms with Crippen molar-refractivity contribution in [3.63, 3.8) is 0 Å². The van der Waals surface area contributed by atoms with Crippen molar-refractivity contribution in [2.45, 2.75) is 71.3 Å². The molecule has 4 aromatic carbocycles. The van der Waals surface area contributed by atoms with E-state index in [9.17, 15) is 17.8 Å². The zero-order valence-electron chi connectivity index (χ0n) is 37.9. The third-order valence-corrected chi connectivity index (χ3v) is 14.5. The van der Waals surface area contributed by atoms with Crippen molar-refractivity contribution in [1.29, 1.82) is 0 Å². The smallest absolute Gasteiger partial charge is 0.374 e. The van der Waals surface area contributed by atoms with Crippen LogP contribution in [0.4, 0.5) is 5.69 Å². The first kappa shape index (κ1) is 46.4. The Hall–Kier alpha value is -5.15. The lowest BCUT2D eigenvalue weighted by molar-refractivity contribution is -0.677. The summed E-state index contributed by atoms with van der Waals surface area (Å²) in [5.74, 6) is 3.04. The summed E-state index contributed by atoms with van der Waals surface area (Å²) < 4.78 is 50.4. The number of fused-ring (bicyclic) bond motifs is 4. The zero-order chi connectivity index (χ0) is 45.2. The Bertz CT molecular complexity index is 2720. The van der Waals surface area contributed by atoms with Crippen molar-refractivity contribution < 1.29 is 36.1 Å². The zero-order valence-corrected chi connectivity index (χ0v) is 39.6. The molecule has 0 spiro atoms. The molecule has 1 saturated heterocycles. The summed E-state index contributed by atoms with van der Waals surface area (Å²) in [7, 11) is -1.93. The molecule has 0 aliphatic carbocycles. The van der Waals surface area contributed by atoms with E-state index in [2.05, 4.69) is 87.2 Å². The number of hydrogen-bond acceptors (Lipinski definition) is 9. The number of nitrogens with one attached hydrogen (secondary N) is 1. The molecule has 65 heavy (non-hydrogen) atoms. The van der Waals surface area contributed by atoms with Crippen LogP contribution >= 0.6 is 11.8 Å². The Kier molecular flexibility index (Phi) is 15.6. The number of hydrogen-bond donors (Lipinski definition) is 2. The largest absolute Gasteiger partial charge is 0.439 e. The molecule has 5 aromatic rings. The Morgan fingerprint density at radius 2 is 1.60 bits per heavy atom. The fourth-order valence-corrected chi connectivity index (χ4v) is 10.4. The normalized spacial score (nSPS) is 16.8. The molecule has 0 radical (unpaired) electrons. The maximum absolute atomic E-state index is 12.8. The summed E-state index contributed by atoms with van der Waals surface area (Å²) in [5.41, 5.74) is 3.53. The van der Waals surface area contributed by atoms with Crippen LogP contribution in [0.2, 0.25) is 0 Å². The number of carbonyl (C=O) groups excluding carboxylic acids is 1. The van der Waals surface area contributed by atoms with Crippen LogP contribution < -0.4 is 19.5 Å². The number of unbranched alkanes of at least 4 members (excludes halogenated alkanes) is 4. The van der Waals surface area contributed by atoms with Gasteiger partial charge in [-0.15, -0.1) is 0 Å². The number of aromatic nitrogens is 1. The quantitative estimate of drug-likeness (QED) is 0.0421. The predicted octanol–water partition coefficient (Wildman–Crippen LogP) is 8.60. The van der Waals surface area contributed by atoms with Gasteiger partial charge in [0.05, 0.1) is 23.3 Å². The van der Waals surface area contributed by atoms with Crippen LogP contribution in [0.1, 0.15) is 70.6 Å². The average molecular weight is 921 g/mol. The van der Waals surface area contributed by atoms with Gasteiger partial charge in [-0.05, 0) is 84.5 Å². The summed E-state index contributed by atoms with van der Waals surface area (Å²) in [6.45, 7) is 10.5. The second-order valence-electron chi connectivity index (χ2n) is 17.4. The average Bonchev–Trinajstić information content (AvgIpc) is 3.99. The first-order valence-electron chi connectivity index (χ1n) is 23.4. The minimum absolute atomic E-state index is 0.124. The van der Waals surface area contributed by atoms with Gasteiger partial charge in [0.1, 0.15) is 6.54 Å². The SMILES string of the molecule is CCC(=Cc1oc2cc3ccccc3cc2[n+]1CCCS(=O)(=O)O)C=C1Oc2cc3ccccc3cc2N1CCCCCC(=O)NCCCCC[N+]1=C(C=CN2CCN(C)CC2)SCC1. The van der Waals surface area contributed by atoms with E-state index in [1.807, 2.05) is 64.9 Å². The van der Waals surface area contributed by atoms with Crippen molar-refractivity contribution in [2.24, 2.45) is 0 Å². The Balaban J connectivity index is 0.868. The first-order valence-corrected chi connectivity index (χ1v) is 26.0. The van der Waals surface area contributed by atoms with Gasteiger partial charge in [0.25, 0.3) is 15.6 Å². The summed E-state index contributed by atoms with van der Waals surface area (Å²) in [4.78, 5) is 19.9. The van der Waals surface area contributed by atoms with Crippen LogP contribution in [0.3, 0.4) is 0 Å². The maximum Gasteiger partial charge on any atom is 0.374 e. The number of anilines is 1. The highest BCUT2D eigenvalue weighted by Gasteiger charge is 2.28. The summed E-state index contributed by atoms with van der Waals surface area (Å²) in [5, 5.41) is 8.88. The highest BCUT2D eigenvalue weighted by Crippen LogP contribution is 2.42. The Labute approximate surface area is 388 Å². The van der Waals surface area contributed by atoms with Gasteiger partial charge in [-0.3, -0.25) is 9.35 Å². The number of amides is 1. The van der Waals surface area contributed by atoms with Crippen molar-refractivity contribution in [3.05, 3.63) is 108 Å². The molecule has 8 rings (SSSR count). The number of nitrogens with zero attached hydrogens (tertiary/aromatic N) is 5. The topological polar surface area (TPSA) is 122 Å². The third kappa shape index (κ3) is 12.4. The van der Waals surface area contributed by atoms with Gasteiger partial charge in [-0.25, -0.2) is 4.58 Å². The molecule has 3 aliphatic heterocycles. The molecule has 2 N–H and O–H groups in total. The van der Waals surface area contributed by atoms with Crippen molar-refractivity contribution >= 4 is 77.2 Å². The van der Waals surface area contributed by atoms with E-state index in [4.69, 9.17) is 9.15 Å². The maximum atomic E-state index is 12.8. The lowest BCUT2D eigenvalue weighted by atomic mass is 10.1. The molecule has 14 heteroatoms. The summed E-state index contributed by atoms with van der Waals surface area (Å²) in [6, 6.07) is 24.7. The minimum Gasteiger partial charge on any atom is -0.439 e. The first-order chi connectivity index (χ1) is 31.6. The van der Waals surface area contributed by atoms with Gasteiger partial charge in [0.2, 0.25) is 22.4 Å². The van der Waals surface area contributed by atoms with E-state index < -0.39 is 10.1 Å². The van der Waals surface area contributed by atoms with Gasteiger partial charge in [-0.2, -0.15) is 13.0 Å². The van der Waals surface area contributed by atoms with Crippen LogP contribution in [0.15, 0.2) is 107 Å². The molecule has 12 nitrogen and oxygen atoms in total. The lowest BCUT2D eigenvalue weighted by Crippen LogP contribution is -2.41. The fraction of sp³-hybridized carbons (Fsp3) is 0.431. The van der Waals surface area contributed by atoms with E-state index in [1.54, 1.807) is 0 Å². The van der Waals surface area contributed by atoms with Gasteiger partial charge < -0.3 is 29.2 Å². The van der Waals surface area contributed by atoms with E-state index in [1.165, 1.54) is 5.04 Å². The van der Waals surface area contributed by atoms with Crippen LogP contribution in [-0.4, -0.2) is 109 Å². The third-order valence-electron chi connectivity index (χ3n) is 12.6. The van der Waals surface area contributed by atoms with Crippen molar-refractivity contribution in [2.75, 3.05) is 75.8 Å². The van der Waals surface area contributed by atoms with E-state index in [0.717, 1.165) is 147 Å². The summed E-state index contributed by atoms with van der Waals surface area (Å²) >= 11 is 1.96. The fourth-order valence-electron chi connectivity index (χ4n) is 8.85. The molecule has 4 heterocycles. The number of carbonyl (C=O) groups is 1. The van der Waals surface area contributed by atoms with Crippen molar-refractivity contribution in [1.82, 2.24) is 15.1 Å². The van der Waals surface area contributed by atoms with Crippen molar-refractivity contribution in [3.8, 4) is 5.75 Å². The van der Waals surface area contributed by atoms with Gasteiger partial charge in [0, 0.05) is 82.9 Å². The molecule has 1 fully saturated rings. The van der Waals surface area contributed by atoms with Crippen LogP contribution in [-0.2, 0) is 21.5 Å². The lowest BCUT2D eigenvalue weighted by Gasteiger charge is -2.31. The number of oxazole rings is 1. The number of likely N-dealkylation sites (N-methyl/N-ethyl adjacent to an activating group) is 1. The molecular formula is C51H64N6O6S2+2. The number of ether oxygens (including phenoxy) is 1. The standard InChI is InChI=1S/C51H62N6O6S2/c1-3-39(34-50-57(24-14-32-65(59,60)61)45-36-41-16-8-10-18-43(41)38-47(45)63-50)33-49-56(44-35-40-15-7-9-17-42(40)37-46(44)62-49)23-13-4-6-19-48(58)52-21-11-5-12-22-55-30-31-64-51(55)20-25-54-28-26-53(2)27-29-54/h7-10,15-18,20,25,33-38H,3-6,11-14,19,21-24,26-32H2,1-2H3/p+2. The monoisotopic (exact) mass is 920 g/mol. The highest BCUT2D eigenvalue weighted by atomic mass is 32.2. The molecule has 0 saturated carbocycles. The number of piperazine rings is 1. The second kappa shape index (κ2) is 21.9. The molecule has 1 aromatic heterocycles. The highest BCUT2D eigenvalue weighted by molar-refractivity contribution is 8.14. The molecule has 0 bridgehead atoms. The van der Waals surface area contributed by atoms with E-state index >= 15 is 0 Å². The molecule has 0 unspecified atom stereocenters. The molecule has 1 amide bonds. The Morgan fingerprint density at radius 1 is 0.877 bits per heavy atom. The summed E-state index contributed by atoms with van der Waals surface area (Å²) in [6.07, 6.45) is 15.9. The van der Waals surface area contributed by atoms with E-state index in [0.29, 0.717) is 30.9 Å². The van der Waals surface area contributed by atoms with Gasteiger partial charge >= 0.3 is 5.89 Å². The number of thioether (sulfide) groups is 1. The number of rotatable bonds is 21. The van der Waals surface area contributed by atoms with E-state index in [-0.39, 0.29) is 18.1 Å². The second-order valence-corrected chi connectivity index (χ2v) is 20.1. The molecular weight excluding hydrogens is 857 g/mol. The van der Waals surface area contributed by atoms with Crippen LogP contribution in [0.5, 0.6) is 5.75 Å². The number of aryl methyl sites for hydroxylation is 1. The van der Waals surface area contributed by atoms with Crippen LogP contribution in [0, 0.1) is 0 Å². The Morgan fingerprint density at radius 3 is 2.35 bits per heavy atom. The molecule has 0 atom stereocenters. The number of benzene rings is 4. The van der Waals surface area contributed by atoms with Gasteiger partial charge in [-0.1, -0.05) is 73.6 Å². The molecule has 3 aliphatic rings. The minimum atomic E-state index is -4.12. The predicted molar refractivity (Wildman–Crippen MR) is 264 cm³/mol. The van der Waals surface area contributed by atoms with Gasteiger partial charge in [0.15, 0.2) is 18.8 Å². The molecule has 344 valence electrons.